The Balaban J connectivity index is 1.38. The van der Waals surface area contributed by atoms with Crippen LogP contribution in [0.1, 0.15) is 17.0 Å². The van der Waals surface area contributed by atoms with Crippen molar-refractivity contribution in [2.75, 3.05) is 0 Å². The first-order chi connectivity index (χ1) is 16.2. The molecule has 0 saturated carbocycles. The number of nitrogens with one attached hydrogen (secondary N) is 1. The number of aromatic hydroxyl groups is 1. The zero-order chi connectivity index (χ0) is 22.6. The number of imidazole rings is 1. The number of rotatable bonds is 6. The number of fused-ring (bicyclic) bond motifs is 2. The molecule has 33 heavy (non-hydrogen) atoms. The second kappa shape index (κ2) is 8.96. The van der Waals surface area contributed by atoms with Crippen LogP contribution in [0.3, 0.4) is 0 Å². The van der Waals surface area contributed by atoms with Crippen molar-refractivity contribution in [2.45, 2.75) is 13.0 Å². The van der Waals surface area contributed by atoms with E-state index in [1.54, 1.807) is 6.07 Å². The maximum Gasteiger partial charge on any atom is 0.260 e. The first kappa shape index (κ1) is 20.5. The Morgan fingerprint density at radius 2 is 1.70 bits per heavy atom. The predicted octanol–water partition coefficient (Wildman–Crippen LogP) is 4.64. The van der Waals surface area contributed by atoms with Crippen LogP contribution >= 0.6 is 0 Å². The Labute approximate surface area is 190 Å². The van der Waals surface area contributed by atoms with Crippen LogP contribution in [0.25, 0.3) is 21.8 Å². The van der Waals surface area contributed by atoms with Gasteiger partial charge in [0.15, 0.2) is 0 Å². The van der Waals surface area contributed by atoms with E-state index in [-0.39, 0.29) is 18.2 Å². The number of phenols is 1. The van der Waals surface area contributed by atoms with Gasteiger partial charge in [0.25, 0.3) is 5.91 Å². The van der Waals surface area contributed by atoms with Gasteiger partial charge in [0.2, 0.25) is 0 Å². The molecule has 0 radical (unpaired) electrons. The first-order valence-electron chi connectivity index (χ1n) is 10.7. The molecule has 1 amide bonds. The number of nitrogens with zero attached hydrogens (tertiary/aromatic N) is 3. The van der Waals surface area contributed by atoms with Gasteiger partial charge in [-0.1, -0.05) is 72.8 Å². The molecular weight excluding hydrogens is 412 g/mol. The molecule has 0 saturated heterocycles. The van der Waals surface area contributed by atoms with Gasteiger partial charge >= 0.3 is 0 Å². The lowest BCUT2D eigenvalue weighted by atomic mass is 10.0. The fourth-order valence-electron chi connectivity index (χ4n) is 3.98. The van der Waals surface area contributed by atoms with E-state index in [0.29, 0.717) is 12.0 Å². The van der Waals surface area contributed by atoms with Crippen molar-refractivity contribution in [3.8, 4) is 5.75 Å². The Morgan fingerprint density at radius 3 is 2.58 bits per heavy atom. The van der Waals surface area contributed by atoms with Crippen LogP contribution in [0, 0.1) is 0 Å². The molecular formula is C27H22N4O2. The summed E-state index contributed by atoms with van der Waals surface area (Å²) in [7, 11) is 0. The predicted molar refractivity (Wildman–Crippen MR) is 130 cm³/mol. The average molecular weight is 434 g/mol. The van der Waals surface area contributed by atoms with E-state index in [4.69, 9.17) is 4.98 Å². The average Bonchev–Trinajstić information content (AvgIpc) is 3.18. The number of benzene rings is 4. The quantitative estimate of drug-likeness (QED) is 0.302. The van der Waals surface area contributed by atoms with E-state index in [1.807, 2.05) is 89.5 Å². The van der Waals surface area contributed by atoms with Crippen LogP contribution in [0.4, 0.5) is 0 Å². The summed E-state index contributed by atoms with van der Waals surface area (Å²) < 4.78 is 1.92. The molecule has 0 atom stereocenters. The van der Waals surface area contributed by atoms with Gasteiger partial charge in [0.1, 0.15) is 18.1 Å². The number of aromatic nitrogens is 2. The minimum atomic E-state index is -0.275. The van der Waals surface area contributed by atoms with Crippen LogP contribution in [-0.4, -0.2) is 26.8 Å². The van der Waals surface area contributed by atoms with Crippen molar-refractivity contribution in [3.05, 3.63) is 108 Å². The molecule has 0 aliphatic rings. The minimum Gasteiger partial charge on any atom is -0.507 e. The van der Waals surface area contributed by atoms with Gasteiger partial charge in [0.05, 0.1) is 17.2 Å². The molecule has 0 aliphatic heterocycles. The highest BCUT2D eigenvalue weighted by molar-refractivity contribution is 6.02. The summed E-state index contributed by atoms with van der Waals surface area (Å²) in [6.45, 7) is 0.0849. The lowest BCUT2D eigenvalue weighted by molar-refractivity contribution is -0.121. The van der Waals surface area contributed by atoms with E-state index >= 15 is 0 Å². The van der Waals surface area contributed by atoms with Crippen molar-refractivity contribution in [1.29, 1.82) is 0 Å². The minimum absolute atomic E-state index is 0.0849. The van der Waals surface area contributed by atoms with Crippen molar-refractivity contribution in [2.24, 2.45) is 5.10 Å². The number of phenolic OH excluding ortho intramolecular Hbond substituents is 1. The molecule has 0 fully saturated rings. The topological polar surface area (TPSA) is 79.5 Å². The lowest BCUT2D eigenvalue weighted by Gasteiger charge is -2.09. The number of carbonyl (C=O) groups excluding carboxylic acids is 1. The highest BCUT2D eigenvalue weighted by atomic mass is 16.3. The Bertz CT molecular complexity index is 1470. The SMILES string of the molecule is O=C(Cn1c(Cc2ccccc2)nc2ccccc21)N/N=C/c1c(O)ccc2ccccc12. The smallest absolute Gasteiger partial charge is 0.260 e. The van der Waals surface area contributed by atoms with Crippen molar-refractivity contribution < 1.29 is 9.90 Å². The molecule has 0 aliphatic carbocycles. The summed E-state index contributed by atoms with van der Waals surface area (Å²) in [6, 6.07) is 29.0. The summed E-state index contributed by atoms with van der Waals surface area (Å²) >= 11 is 0. The Hall–Kier alpha value is -4.45. The van der Waals surface area contributed by atoms with Crippen molar-refractivity contribution in [3.63, 3.8) is 0 Å². The number of para-hydroxylation sites is 2. The summed E-state index contributed by atoms with van der Waals surface area (Å²) in [5, 5.41) is 16.2. The molecule has 0 unspecified atom stereocenters. The van der Waals surface area contributed by atoms with Gasteiger partial charge < -0.3 is 9.67 Å². The number of amides is 1. The molecule has 5 aromatic rings. The van der Waals surface area contributed by atoms with Crippen LogP contribution in [0.5, 0.6) is 5.75 Å². The van der Waals surface area contributed by atoms with Crippen LogP contribution in [-0.2, 0) is 17.8 Å². The number of carbonyl (C=O) groups is 1. The molecule has 6 nitrogen and oxygen atoms in total. The number of hydrogen-bond donors (Lipinski definition) is 2. The summed E-state index contributed by atoms with van der Waals surface area (Å²) in [5.41, 5.74) is 6.02. The van der Waals surface area contributed by atoms with Crippen molar-refractivity contribution >= 4 is 33.9 Å². The summed E-state index contributed by atoms with van der Waals surface area (Å²) in [4.78, 5) is 17.5. The summed E-state index contributed by atoms with van der Waals surface area (Å²) in [6.07, 6.45) is 2.10. The Morgan fingerprint density at radius 1 is 0.939 bits per heavy atom. The van der Waals surface area contributed by atoms with Crippen molar-refractivity contribution in [1.82, 2.24) is 15.0 Å². The van der Waals surface area contributed by atoms with Gasteiger partial charge in [-0.05, 0) is 34.5 Å². The molecule has 2 N–H and O–H groups in total. The van der Waals surface area contributed by atoms with Gasteiger partial charge in [0, 0.05) is 12.0 Å². The maximum absolute atomic E-state index is 12.8. The molecule has 4 aromatic carbocycles. The third kappa shape index (κ3) is 4.32. The zero-order valence-corrected chi connectivity index (χ0v) is 17.8. The number of hydrazone groups is 1. The Kier molecular flexibility index (Phi) is 5.55. The van der Waals surface area contributed by atoms with E-state index in [0.717, 1.165) is 33.2 Å². The third-order valence-corrected chi connectivity index (χ3v) is 5.57. The highest BCUT2D eigenvalue weighted by Crippen LogP contribution is 2.25. The zero-order valence-electron chi connectivity index (χ0n) is 17.8. The molecule has 1 aromatic heterocycles. The molecule has 0 bridgehead atoms. The van der Waals surface area contributed by atoms with Gasteiger partial charge in [-0.25, -0.2) is 10.4 Å². The summed E-state index contributed by atoms with van der Waals surface area (Å²) in [5.74, 6) is 0.647. The molecule has 162 valence electrons. The van der Waals surface area contributed by atoms with Gasteiger partial charge in [-0.3, -0.25) is 4.79 Å². The second-order valence-electron chi connectivity index (χ2n) is 7.78. The fourth-order valence-corrected chi connectivity index (χ4v) is 3.98. The molecule has 5 rings (SSSR count). The maximum atomic E-state index is 12.8. The first-order valence-corrected chi connectivity index (χ1v) is 10.7. The monoisotopic (exact) mass is 434 g/mol. The fraction of sp³-hybridized carbons (Fsp3) is 0.0741. The van der Waals surface area contributed by atoms with E-state index in [1.165, 1.54) is 6.21 Å². The van der Waals surface area contributed by atoms with E-state index < -0.39 is 0 Å². The van der Waals surface area contributed by atoms with Crippen LogP contribution < -0.4 is 5.43 Å². The normalized spacial score (nSPS) is 11.4. The largest absolute Gasteiger partial charge is 0.507 e. The van der Waals surface area contributed by atoms with Gasteiger partial charge in [-0.15, -0.1) is 0 Å². The van der Waals surface area contributed by atoms with Crippen LogP contribution in [0.15, 0.2) is 96.1 Å². The number of hydrogen-bond acceptors (Lipinski definition) is 4. The van der Waals surface area contributed by atoms with Crippen LogP contribution in [0.2, 0.25) is 0 Å². The van der Waals surface area contributed by atoms with E-state index in [9.17, 15) is 9.90 Å². The van der Waals surface area contributed by atoms with E-state index in [2.05, 4.69) is 10.5 Å². The molecule has 1 heterocycles. The lowest BCUT2D eigenvalue weighted by Crippen LogP contribution is -2.24. The standard InChI is InChI=1S/C27H22N4O2/c32-25-15-14-20-10-4-5-11-21(20)22(25)17-28-30-27(33)18-31-24-13-7-6-12-23(24)29-26(31)16-19-8-2-1-3-9-19/h1-15,17,32H,16,18H2,(H,30,33)/b28-17+. The molecule has 0 spiro atoms. The highest BCUT2D eigenvalue weighted by Gasteiger charge is 2.14. The third-order valence-electron chi connectivity index (χ3n) is 5.57. The second-order valence-corrected chi connectivity index (χ2v) is 7.78. The molecule has 6 heteroatoms. The van der Waals surface area contributed by atoms with Gasteiger partial charge in [-0.2, -0.15) is 5.10 Å².